The number of benzene rings is 1. The van der Waals surface area contributed by atoms with E-state index in [1.807, 2.05) is 30.3 Å². The van der Waals surface area contributed by atoms with E-state index in [2.05, 4.69) is 25.7 Å². The number of rotatable bonds is 18. The average Bonchev–Trinajstić information content (AvgIpc) is 2.72. The van der Waals surface area contributed by atoms with E-state index in [9.17, 15) is 4.79 Å². The van der Waals surface area contributed by atoms with E-state index in [4.69, 9.17) is 4.74 Å². The van der Waals surface area contributed by atoms with Crippen LogP contribution >= 0.6 is 0 Å². The highest BCUT2D eigenvalue weighted by Gasteiger charge is 2.04. The van der Waals surface area contributed by atoms with Gasteiger partial charge in [-0.2, -0.15) is 0 Å². The molecule has 0 amide bonds. The number of ether oxygens (including phenoxy) is 1. The molecule has 0 unspecified atom stereocenters. The van der Waals surface area contributed by atoms with Gasteiger partial charge in [0.25, 0.3) is 0 Å². The summed E-state index contributed by atoms with van der Waals surface area (Å²) >= 11 is 0. The maximum absolute atomic E-state index is 11.9. The van der Waals surface area contributed by atoms with Crippen LogP contribution in [0.15, 0.2) is 49.1 Å². The quantitative estimate of drug-likeness (QED) is 0.107. The fraction of sp³-hybridized carbons (Fsp3) is 0.593. The summed E-state index contributed by atoms with van der Waals surface area (Å²) in [5, 5.41) is 0. The van der Waals surface area contributed by atoms with Crippen molar-refractivity contribution in [1.82, 2.24) is 0 Å². The second-order valence-corrected chi connectivity index (χ2v) is 7.95. The van der Waals surface area contributed by atoms with Crippen molar-refractivity contribution in [1.29, 1.82) is 0 Å². The van der Waals surface area contributed by atoms with Gasteiger partial charge in [0.1, 0.15) is 5.75 Å². The third-order valence-electron chi connectivity index (χ3n) is 5.18. The minimum atomic E-state index is -0.126. The molecule has 1 aromatic rings. The molecule has 0 aliphatic heterocycles. The Bertz CT molecular complexity index is 556. The lowest BCUT2D eigenvalue weighted by atomic mass is 10.1. The summed E-state index contributed by atoms with van der Waals surface area (Å²) < 4.78 is 5.39. The van der Waals surface area contributed by atoms with E-state index in [1.54, 1.807) is 0 Å². The van der Waals surface area contributed by atoms with Crippen LogP contribution in [0, 0.1) is 0 Å². The van der Waals surface area contributed by atoms with Crippen molar-refractivity contribution in [3.05, 3.63) is 54.6 Å². The second-order valence-electron chi connectivity index (χ2n) is 7.95. The van der Waals surface area contributed by atoms with E-state index < -0.39 is 0 Å². The highest BCUT2D eigenvalue weighted by atomic mass is 16.5. The molecule has 2 heteroatoms. The summed E-state index contributed by atoms with van der Waals surface area (Å²) in [6, 6.07) is 7.67. The van der Waals surface area contributed by atoms with Crippen molar-refractivity contribution in [2.75, 3.05) is 0 Å². The van der Waals surface area contributed by atoms with Gasteiger partial charge in [0.2, 0.25) is 0 Å². The zero-order valence-corrected chi connectivity index (χ0v) is 18.7. The van der Waals surface area contributed by atoms with E-state index in [-0.39, 0.29) is 5.97 Å². The molecule has 0 bridgehead atoms. The molecule has 0 heterocycles. The monoisotopic (exact) mass is 398 g/mol. The van der Waals surface area contributed by atoms with Crippen LogP contribution in [0.2, 0.25) is 0 Å². The first-order chi connectivity index (χ1) is 14.3. The Morgan fingerprint density at radius 2 is 1.38 bits per heavy atom. The molecule has 0 saturated carbocycles. The van der Waals surface area contributed by atoms with Crippen LogP contribution in [0.1, 0.15) is 102 Å². The Labute approximate surface area is 179 Å². The number of unbranched alkanes of at least 4 members (excludes halogenated alkanes) is 11. The van der Waals surface area contributed by atoms with Gasteiger partial charge in [0.15, 0.2) is 0 Å². The minimum Gasteiger partial charge on any atom is -0.427 e. The van der Waals surface area contributed by atoms with Gasteiger partial charge < -0.3 is 4.74 Å². The van der Waals surface area contributed by atoms with Gasteiger partial charge in [-0.25, -0.2) is 0 Å². The summed E-state index contributed by atoms with van der Waals surface area (Å²) in [6.07, 6.45) is 24.3. The van der Waals surface area contributed by atoms with Crippen LogP contribution in [0.5, 0.6) is 5.75 Å². The van der Waals surface area contributed by atoms with Gasteiger partial charge in [0, 0.05) is 6.42 Å². The van der Waals surface area contributed by atoms with Crippen molar-refractivity contribution >= 4 is 5.97 Å². The highest BCUT2D eigenvalue weighted by Crippen LogP contribution is 2.15. The van der Waals surface area contributed by atoms with Crippen LogP contribution in [0.3, 0.4) is 0 Å². The maximum atomic E-state index is 11.9. The summed E-state index contributed by atoms with van der Waals surface area (Å²) in [5.41, 5.74) is 1.18. The maximum Gasteiger partial charge on any atom is 0.311 e. The van der Waals surface area contributed by atoms with Gasteiger partial charge in [-0.3, -0.25) is 4.79 Å². The number of hydrogen-bond acceptors (Lipinski definition) is 2. The van der Waals surface area contributed by atoms with Crippen LogP contribution < -0.4 is 4.74 Å². The van der Waals surface area contributed by atoms with E-state index in [0.29, 0.717) is 12.2 Å². The Kier molecular flexibility index (Phi) is 15.8. The number of hydrogen-bond donors (Lipinski definition) is 0. The molecule has 0 saturated heterocycles. The molecule has 0 atom stereocenters. The smallest absolute Gasteiger partial charge is 0.311 e. The molecular weight excluding hydrogens is 356 g/mol. The summed E-state index contributed by atoms with van der Waals surface area (Å²) in [5.74, 6) is 0.509. The SMILES string of the molecule is C=CCc1ccc(OC(=O)CCCCCCC/C=C\CCCCCCCC)cc1. The zero-order valence-electron chi connectivity index (χ0n) is 18.7. The van der Waals surface area contributed by atoms with Crippen molar-refractivity contribution in [2.45, 2.75) is 103 Å². The molecule has 0 aromatic heterocycles. The predicted octanol–water partition coefficient (Wildman–Crippen LogP) is 8.36. The van der Waals surface area contributed by atoms with Crippen LogP contribution in [-0.2, 0) is 11.2 Å². The van der Waals surface area contributed by atoms with Crippen molar-refractivity contribution < 1.29 is 9.53 Å². The predicted molar refractivity (Wildman–Crippen MR) is 125 cm³/mol. The average molecular weight is 399 g/mol. The van der Waals surface area contributed by atoms with E-state index in [1.165, 1.54) is 76.2 Å². The molecule has 0 fully saturated rings. The molecule has 162 valence electrons. The molecule has 29 heavy (non-hydrogen) atoms. The Morgan fingerprint density at radius 3 is 1.97 bits per heavy atom. The molecular formula is C27H42O2. The van der Waals surface area contributed by atoms with Gasteiger partial charge >= 0.3 is 5.97 Å². The molecule has 0 aliphatic rings. The molecule has 1 aromatic carbocycles. The second kappa shape index (κ2) is 18.2. The van der Waals surface area contributed by atoms with Crippen LogP contribution in [0.25, 0.3) is 0 Å². The zero-order chi connectivity index (χ0) is 21.0. The topological polar surface area (TPSA) is 26.3 Å². The minimum absolute atomic E-state index is 0.126. The third-order valence-corrected chi connectivity index (χ3v) is 5.18. The molecule has 1 rings (SSSR count). The lowest BCUT2D eigenvalue weighted by molar-refractivity contribution is -0.134. The van der Waals surface area contributed by atoms with Gasteiger partial charge in [-0.1, -0.05) is 88.7 Å². The summed E-state index contributed by atoms with van der Waals surface area (Å²) in [4.78, 5) is 11.9. The van der Waals surface area contributed by atoms with Crippen molar-refractivity contribution in [3.63, 3.8) is 0 Å². The Hall–Kier alpha value is -1.83. The molecule has 0 aliphatic carbocycles. The lowest BCUT2D eigenvalue weighted by Crippen LogP contribution is -2.07. The first-order valence-electron chi connectivity index (χ1n) is 11.8. The number of allylic oxidation sites excluding steroid dienone is 3. The molecule has 0 N–H and O–H groups in total. The van der Waals surface area contributed by atoms with Crippen molar-refractivity contribution in [3.8, 4) is 5.75 Å². The normalized spacial score (nSPS) is 11.1. The van der Waals surface area contributed by atoms with Gasteiger partial charge in [-0.15, -0.1) is 6.58 Å². The largest absolute Gasteiger partial charge is 0.427 e. The first-order valence-corrected chi connectivity index (χ1v) is 11.8. The van der Waals surface area contributed by atoms with Gasteiger partial charge in [-0.05, 0) is 56.2 Å². The Morgan fingerprint density at radius 1 is 0.828 bits per heavy atom. The van der Waals surface area contributed by atoms with E-state index >= 15 is 0 Å². The number of carbonyl (C=O) groups is 1. The first kappa shape index (κ1) is 25.2. The molecule has 0 spiro atoms. The lowest BCUT2D eigenvalue weighted by Gasteiger charge is -2.05. The summed E-state index contributed by atoms with van der Waals surface area (Å²) in [6.45, 7) is 6.00. The highest BCUT2D eigenvalue weighted by molar-refractivity contribution is 5.72. The fourth-order valence-electron chi connectivity index (χ4n) is 3.38. The fourth-order valence-corrected chi connectivity index (χ4v) is 3.38. The standard InChI is InChI=1S/C27H42O2/c1-3-5-6-7-8-9-10-11-12-13-14-15-16-17-18-20-27(28)29-26-23-21-25(19-4-2)22-24-26/h4,11-12,21-24H,2-3,5-10,13-20H2,1H3/b12-11-. The number of carbonyl (C=O) groups excluding carboxylic acids is 1. The molecule has 0 radical (unpaired) electrons. The van der Waals surface area contributed by atoms with Gasteiger partial charge in [0.05, 0.1) is 0 Å². The summed E-state index contributed by atoms with van der Waals surface area (Å²) in [7, 11) is 0. The van der Waals surface area contributed by atoms with Crippen molar-refractivity contribution in [2.24, 2.45) is 0 Å². The Balaban J connectivity index is 1.91. The third kappa shape index (κ3) is 14.8. The van der Waals surface area contributed by atoms with E-state index in [0.717, 1.165) is 19.3 Å². The molecule has 2 nitrogen and oxygen atoms in total. The van der Waals surface area contributed by atoms with Crippen LogP contribution in [0.4, 0.5) is 0 Å². The van der Waals surface area contributed by atoms with Crippen LogP contribution in [-0.4, -0.2) is 5.97 Å². The number of esters is 1.